The van der Waals surface area contributed by atoms with Crippen LogP contribution in [0.1, 0.15) is 82.1 Å². The van der Waals surface area contributed by atoms with E-state index in [1.54, 1.807) is 13.8 Å². The van der Waals surface area contributed by atoms with Gasteiger partial charge in [-0.3, -0.25) is 9.59 Å². The molecule has 0 unspecified atom stereocenters. The second kappa shape index (κ2) is 12.5. The largest absolute Gasteiger partial charge is 0.504 e. The SMILES string of the molecule is COC(=O)CC[C@H]1C(=O)O[C@@H](C(C)(C)O)CCC(C)=CCCC(C)=CCOc2c(O)cc3c(c2O)CN1C3=O. The third-order valence-electron chi connectivity index (χ3n) is 7.20. The molecule has 0 fully saturated rings. The van der Waals surface area contributed by atoms with Crippen LogP contribution < -0.4 is 4.74 Å². The highest BCUT2D eigenvalue weighted by atomic mass is 16.6. The molecule has 0 radical (unpaired) electrons. The predicted molar refractivity (Wildman–Crippen MR) is 142 cm³/mol. The van der Waals surface area contributed by atoms with Crippen LogP contribution in [-0.4, -0.2) is 69.5 Å². The minimum Gasteiger partial charge on any atom is -0.504 e. The summed E-state index contributed by atoms with van der Waals surface area (Å²) in [5.74, 6) is -2.92. The monoisotopic (exact) mass is 545 g/mol. The van der Waals surface area contributed by atoms with E-state index in [4.69, 9.17) is 14.2 Å². The van der Waals surface area contributed by atoms with Crippen molar-refractivity contribution in [2.75, 3.05) is 13.7 Å². The first kappa shape index (κ1) is 30.0. The molecule has 10 nitrogen and oxygen atoms in total. The molecule has 39 heavy (non-hydrogen) atoms. The zero-order valence-corrected chi connectivity index (χ0v) is 23.3. The minimum atomic E-state index is -1.37. The number of rotatable bonds is 4. The third kappa shape index (κ3) is 7.32. The summed E-state index contributed by atoms with van der Waals surface area (Å²) >= 11 is 0. The number of methoxy groups -OCH3 is 1. The highest BCUT2D eigenvalue weighted by molar-refractivity contribution is 6.02. The van der Waals surface area contributed by atoms with E-state index in [0.29, 0.717) is 12.8 Å². The molecule has 2 heterocycles. The summed E-state index contributed by atoms with van der Waals surface area (Å²) in [4.78, 5) is 40.0. The molecule has 214 valence electrons. The molecule has 0 spiro atoms. The number of ether oxygens (including phenoxy) is 3. The Morgan fingerprint density at radius 1 is 1.15 bits per heavy atom. The van der Waals surface area contributed by atoms with Gasteiger partial charge in [-0.05, 0) is 71.9 Å². The van der Waals surface area contributed by atoms with Gasteiger partial charge >= 0.3 is 11.9 Å². The van der Waals surface area contributed by atoms with Gasteiger partial charge < -0.3 is 34.4 Å². The summed E-state index contributed by atoms with van der Waals surface area (Å²) in [5.41, 5.74) is 0.998. The second-order valence-corrected chi connectivity index (χ2v) is 10.7. The van der Waals surface area contributed by atoms with Crippen LogP contribution in [0.4, 0.5) is 0 Å². The molecule has 0 aromatic heterocycles. The van der Waals surface area contributed by atoms with Gasteiger partial charge in [0.25, 0.3) is 5.91 Å². The number of allylic oxidation sites excluding steroid dienone is 3. The molecule has 2 aliphatic rings. The zero-order valence-electron chi connectivity index (χ0n) is 23.3. The van der Waals surface area contributed by atoms with Crippen LogP contribution in [0.2, 0.25) is 0 Å². The number of nitrogens with zero attached hydrogens (tertiary/aromatic N) is 1. The highest BCUT2D eigenvalue weighted by Crippen LogP contribution is 2.45. The molecule has 0 saturated heterocycles. The quantitative estimate of drug-likeness (QED) is 0.379. The molecule has 10 heteroatoms. The molecule has 2 atom stereocenters. The zero-order chi connectivity index (χ0) is 28.9. The van der Waals surface area contributed by atoms with E-state index in [9.17, 15) is 29.7 Å². The fourth-order valence-corrected chi connectivity index (χ4v) is 4.73. The fourth-order valence-electron chi connectivity index (χ4n) is 4.73. The number of carbonyl (C=O) groups excluding carboxylic acids is 3. The number of hydrogen-bond donors (Lipinski definition) is 3. The molecular formula is C29H39NO9. The van der Waals surface area contributed by atoms with Gasteiger partial charge in [0.15, 0.2) is 11.5 Å². The molecule has 0 aliphatic carbocycles. The lowest BCUT2D eigenvalue weighted by Crippen LogP contribution is -2.47. The molecule has 3 rings (SSSR count). The summed E-state index contributed by atoms with van der Waals surface area (Å²) < 4.78 is 16.2. The molecule has 1 aromatic rings. The van der Waals surface area contributed by atoms with E-state index in [-0.39, 0.29) is 42.9 Å². The maximum absolute atomic E-state index is 13.5. The summed E-state index contributed by atoms with van der Waals surface area (Å²) in [5, 5.41) is 32.2. The van der Waals surface area contributed by atoms with Crippen LogP contribution in [-0.2, 0) is 25.6 Å². The van der Waals surface area contributed by atoms with E-state index in [0.717, 1.165) is 24.0 Å². The first-order chi connectivity index (χ1) is 18.3. The van der Waals surface area contributed by atoms with Crippen molar-refractivity contribution in [2.24, 2.45) is 0 Å². The Labute approximate surface area is 228 Å². The standard InChI is InChI=1S/C29H39NO9/c1-17-7-6-8-18(2)13-14-38-26-22(31)15-19-20(25(26)33)16-30(27(19)34)21(10-12-24(32)37-5)28(35)39-23(11-9-17)29(3,4)36/h7,13,15,21,23,31,33,36H,6,8-12,14,16H2,1-5H3/t21-,23+/m0/s1. The number of benzene rings is 1. The number of hydrogen-bond acceptors (Lipinski definition) is 9. The Hall–Kier alpha value is -3.53. The van der Waals surface area contributed by atoms with E-state index < -0.39 is 47.1 Å². The van der Waals surface area contributed by atoms with Crippen molar-refractivity contribution in [3.63, 3.8) is 0 Å². The number of fused-ring (bicyclic) bond motifs is 2. The lowest BCUT2D eigenvalue weighted by Gasteiger charge is -2.33. The topological polar surface area (TPSA) is 143 Å². The first-order valence-electron chi connectivity index (χ1n) is 13.2. The number of esters is 2. The fraction of sp³-hybridized carbons (Fsp3) is 0.552. The molecule has 1 amide bonds. The van der Waals surface area contributed by atoms with Crippen molar-refractivity contribution in [3.05, 3.63) is 40.5 Å². The molecule has 1 aromatic carbocycles. The number of amides is 1. The van der Waals surface area contributed by atoms with Crippen LogP contribution in [0.5, 0.6) is 17.2 Å². The molecular weight excluding hydrogens is 506 g/mol. The number of phenols is 2. The third-order valence-corrected chi connectivity index (χ3v) is 7.20. The van der Waals surface area contributed by atoms with Gasteiger partial charge in [0.2, 0.25) is 5.75 Å². The predicted octanol–water partition coefficient (Wildman–Crippen LogP) is 3.90. The maximum Gasteiger partial charge on any atom is 0.329 e. The van der Waals surface area contributed by atoms with Gasteiger partial charge in [0.1, 0.15) is 18.8 Å². The van der Waals surface area contributed by atoms with Crippen molar-refractivity contribution in [1.82, 2.24) is 4.90 Å². The Kier molecular flexibility index (Phi) is 9.66. The Bertz CT molecular complexity index is 1160. The van der Waals surface area contributed by atoms with Gasteiger partial charge in [-0.2, -0.15) is 0 Å². The van der Waals surface area contributed by atoms with E-state index in [1.165, 1.54) is 18.1 Å². The van der Waals surface area contributed by atoms with Crippen molar-refractivity contribution in [1.29, 1.82) is 0 Å². The van der Waals surface area contributed by atoms with Crippen molar-refractivity contribution in [3.8, 4) is 17.2 Å². The average molecular weight is 546 g/mol. The first-order valence-corrected chi connectivity index (χ1v) is 13.2. The van der Waals surface area contributed by atoms with Crippen LogP contribution in [0.3, 0.4) is 0 Å². The summed E-state index contributed by atoms with van der Waals surface area (Å²) in [6.07, 6.45) is 5.32. The van der Waals surface area contributed by atoms with Crippen molar-refractivity contribution < 1.29 is 43.9 Å². The molecule has 0 saturated carbocycles. The number of aromatic hydroxyl groups is 2. The normalized spacial score (nSPS) is 21.2. The Morgan fingerprint density at radius 2 is 1.85 bits per heavy atom. The van der Waals surface area contributed by atoms with Gasteiger partial charge in [-0.25, -0.2) is 4.79 Å². The van der Waals surface area contributed by atoms with Crippen molar-refractivity contribution >= 4 is 17.8 Å². The molecule has 3 N–H and O–H groups in total. The van der Waals surface area contributed by atoms with Crippen LogP contribution >= 0.6 is 0 Å². The Balaban J connectivity index is 2.04. The smallest absolute Gasteiger partial charge is 0.329 e. The number of phenolic OH excluding ortho intramolecular Hbond substituents is 2. The summed E-state index contributed by atoms with van der Waals surface area (Å²) in [7, 11) is 1.22. The van der Waals surface area contributed by atoms with Gasteiger partial charge in [-0.1, -0.05) is 17.2 Å². The van der Waals surface area contributed by atoms with Crippen LogP contribution in [0, 0.1) is 0 Å². The maximum atomic E-state index is 13.5. The average Bonchev–Trinajstić information content (AvgIpc) is 3.18. The minimum absolute atomic E-state index is 0.0224. The van der Waals surface area contributed by atoms with Crippen molar-refractivity contribution in [2.45, 2.75) is 90.5 Å². The van der Waals surface area contributed by atoms with Gasteiger partial charge in [-0.15, -0.1) is 0 Å². The summed E-state index contributed by atoms with van der Waals surface area (Å²) in [6, 6.07) is 0.00132. The highest BCUT2D eigenvalue weighted by Gasteiger charge is 2.42. The molecule has 2 aliphatic heterocycles. The van der Waals surface area contributed by atoms with Crippen LogP contribution in [0.25, 0.3) is 0 Å². The molecule has 3 bridgehead atoms. The van der Waals surface area contributed by atoms with E-state index >= 15 is 0 Å². The number of cyclic esters (lactones) is 1. The number of carbonyl (C=O) groups is 3. The van der Waals surface area contributed by atoms with E-state index in [2.05, 4.69) is 6.08 Å². The lowest BCUT2D eigenvalue weighted by atomic mass is 9.95. The van der Waals surface area contributed by atoms with Gasteiger partial charge in [0.05, 0.1) is 24.8 Å². The lowest BCUT2D eigenvalue weighted by molar-refractivity contribution is -0.168. The van der Waals surface area contributed by atoms with Gasteiger partial charge in [0, 0.05) is 12.0 Å². The summed E-state index contributed by atoms with van der Waals surface area (Å²) in [6.45, 7) is 6.99. The van der Waals surface area contributed by atoms with E-state index in [1.807, 2.05) is 19.9 Å². The van der Waals surface area contributed by atoms with Crippen LogP contribution in [0.15, 0.2) is 29.4 Å². The number of aliphatic hydroxyl groups is 1. The Morgan fingerprint density at radius 3 is 2.51 bits per heavy atom. The second-order valence-electron chi connectivity index (χ2n) is 10.7.